The van der Waals surface area contributed by atoms with Crippen molar-refractivity contribution in [2.24, 2.45) is 0 Å². The molecular weight excluding hydrogens is 286 g/mol. The van der Waals surface area contributed by atoms with Crippen LogP contribution in [0.3, 0.4) is 0 Å². The van der Waals surface area contributed by atoms with E-state index < -0.39 is 0 Å². The Morgan fingerprint density at radius 1 is 1.32 bits per heavy atom. The minimum atomic E-state index is -0.349. The Balaban J connectivity index is 1.54. The molecule has 0 atom stereocenters. The van der Waals surface area contributed by atoms with E-state index in [4.69, 9.17) is 4.42 Å². The van der Waals surface area contributed by atoms with Crippen LogP contribution in [0.2, 0.25) is 0 Å². The van der Waals surface area contributed by atoms with Gasteiger partial charge in [-0.25, -0.2) is 5.10 Å². The van der Waals surface area contributed by atoms with E-state index in [1.807, 2.05) is 12.3 Å². The van der Waals surface area contributed by atoms with Crippen molar-refractivity contribution in [1.82, 2.24) is 25.3 Å². The second kappa shape index (κ2) is 6.08. The summed E-state index contributed by atoms with van der Waals surface area (Å²) in [6, 6.07) is 4.48. The van der Waals surface area contributed by atoms with Crippen LogP contribution in [0.25, 0.3) is 11.1 Å². The molecule has 0 aliphatic carbocycles. The van der Waals surface area contributed by atoms with E-state index in [1.54, 1.807) is 23.4 Å². The number of rotatable bonds is 5. The summed E-state index contributed by atoms with van der Waals surface area (Å²) in [7, 11) is 0. The summed E-state index contributed by atoms with van der Waals surface area (Å²) in [4.78, 5) is 22.7. The quantitative estimate of drug-likeness (QED) is 0.719. The monoisotopic (exact) mass is 299 g/mol. The highest BCUT2D eigenvalue weighted by Crippen LogP contribution is 2.18. The first-order valence-corrected chi connectivity index (χ1v) is 6.61. The zero-order chi connectivity index (χ0) is 15.4. The van der Waals surface area contributed by atoms with Crippen molar-refractivity contribution in [2.75, 3.05) is 6.54 Å². The van der Waals surface area contributed by atoms with Gasteiger partial charge in [-0.1, -0.05) is 0 Å². The molecule has 3 rings (SSSR count). The van der Waals surface area contributed by atoms with Gasteiger partial charge in [0.15, 0.2) is 0 Å². The van der Waals surface area contributed by atoms with Crippen LogP contribution in [-0.4, -0.2) is 32.4 Å². The van der Waals surface area contributed by atoms with Gasteiger partial charge in [-0.3, -0.25) is 14.3 Å². The normalized spacial score (nSPS) is 10.5. The minimum absolute atomic E-state index is 0.166. The van der Waals surface area contributed by atoms with Crippen molar-refractivity contribution >= 4 is 5.91 Å². The largest absolute Gasteiger partial charge is 0.472 e. The van der Waals surface area contributed by atoms with E-state index in [1.165, 1.54) is 12.1 Å². The molecule has 0 saturated heterocycles. The summed E-state index contributed by atoms with van der Waals surface area (Å²) >= 11 is 0. The van der Waals surface area contributed by atoms with E-state index in [2.05, 4.69) is 20.6 Å². The molecule has 0 aliphatic heterocycles. The molecule has 0 unspecified atom stereocenters. The van der Waals surface area contributed by atoms with Crippen LogP contribution in [0.4, 0.5) is 0 Å². The molecule has 1 amide bonds. The Labute approximate surface area is 124 Å². The van der Waals surface area contributed by atoms with Crippen LogP contribution in [-0.2, 0) is 6.54 Å². The van der Waals surface area contributed by atoms with Gasteiger partial charge in [0, 0.05) is 29.9 Å². The van der Waals surface area contributed by atoms with Crippen LogP contribution >= 0.6 is 0 Å². The van der Waals surface area contributed by atoms with Gasteiger partial charge in [0.1, 0.15) is 5.69 Å². The highest BCUT2D eigenvalue weighted by atomic mass is 16.3. The first-order chi connectivity index (χ1) is 10.7. The highest BCUT2D eigenvalue weighted by Gasteiger charge is 2.07. The molecule has 0 aliphatic rings. The van der Waals surface area contributed by atoms with Crippen LogP contribution in [0.15, 0.2) is 52.3 Å². The lowest BCUT2D eigenvalue weighted by Crippen LogP contribution is -2.29. The van der Waals surface area contributed by atoms with Gasteiger partial charge in [0.2, 0.25) is 0 Å². The number of carbonyl (C=O) groups excluding carboxylic acids is 1. The van der Waals surface area contributed by atoms with Gasteiger partial charge in [0.25, 0.3) is 11.5 Å². The molecule has 3 aromatic heterocycles. The van der Waals surface area contributed by atoms with Crippen LogP contribution in [0.5, 0.6) is 0 Å². The van der Waals surface area contributed by atoms with E-state index >= 15 is 0 Å². The van der Waals surface area contributed by atoms with E-state index in [0.29, 0.717) is 13.1 Å². The van der Waals surface area contributed by atoms with Crippen molar-refractivity contribution in [3.05, 3.63) is 59.2 Å². The minimum Gasteiger partial charge on any atom is -0.472 e. The van der Waals surface area contributed by atoms with Crippen LogP contribution in [0, 0.1) is 0 Å². The smallest absolute Gasteiger partial charge is 0.271 e. The molecular formula is C14H13N5O3. The molecule has 3 aromatic rings. The van der Waals surface area contributed by atoms with Gasteiger partial charge < -0.3 is 9.73 Å². The van der Waals surface area contributed by atoms with Crippen molar-refractivity contribution in [1.29, 1.82) is 0 Å². The van der Waals surface area contributed by atoms with Crippen molar-refractivity contribution in [3.8, 4) is 11.1 Å². The molecule has 0 bridgehead atoms. The van der Waals surface area contributed by atoms with Gasteiger partial charge >= 0.3 is 0 Å². The second-order valence-corrected chi connectivity index (χ2v) is 4.57. The van der Waals surface area contributed by atoms with E-state index in [9.17, 15) is 9.59 Å². The lowest BCUT2D eigenvalue weighted by molar-refractivity contribution is 0.0946. The van der Waals surface area contributed by atoms with Gasteiger partial charge in [-0.2, -0.15) is 10.2 Å². The SMILES string of the molecule is O=C(NCCn1cc(-c2ccoc2)cn1)c1ccc(=O)[nH]n1. The van der Waals surface area contributed by atoms with Crippen molar-refractivity contribution < 1.29 is 9.21 Å². The molecule has 0 fully saturated rings. The van der Waals surface area contributed by atoms with Crippen LogP contribution < -0.4 is 10.9 Å². The molecule has 0 spiro atoms. The highest BCUT2D eigenvalue weighted by molar-refractivity contribution is 5.91. The number of furan rings is 1. The zero-order valence-electron chi connectivity index (χ0n) is 11.5. The lowest BCUT2D eigenvalue weighted by atomic mass is 10.2. The molecule has 8 heteroatoms. The predicted octanol–water partition coefficient (Wildman–Crippen LogP) is 0.656. The summed E-state index contributed by atoms with van der Waals surface area (Å²) in [6.07, 6.45) is 6.85. The maximum Gasteiger partial charge on any atom is 0.271 e. The molecule has 3 heterocycles. The van der Waals surface area contributed by atoms with Crippen LogP contribution in [0.1, 0.15) is 10.5 Å². The number of carbonyl (C=O) groups is 1. The Bertz CT molecular complexity index is 799. The maximum atomic E-state index is 11.8. The van der Waals surface area contributed by atoms with E-state index in [-0.39, 0.29) is 17.2 Å². The molecule has 0 radical (unpaired) electrons. The number of nitrogens with zero attached hydrogens (tertiary/aromatic N) is 3. The molecule has 112 valence electrons. The number of hydrogen-bond donors (Lipinski definition) is 2. The van der Waals surface area contributed by atoms with Crippen molar-refractivity contribution in [3.63, 3.8) is 0 Å². The maximum absolute atomic E-state index is 11.8. The first-order valence-electron chi connectivity index (χ1n) is 6.61. The number of aromatic amines is 1. The number of nitrogens with one attached hydrogen (secondary N) is 2. The third-order valence-electron chi connectivity index (χ3n) is 3.03. The molecule has 0 aromatic carbocycles. The van der Waals surface area contributed by atoms with E-state index in [0.717, 1.165) is 11.1 Å². The summed E-state index contributed by atoms with van der Waals surface area (Å²) < 4.78 is 6.75. The third-order valence-corrected chi connectivity index (χ3v) is 3.03. The number of hydrogen-bond acceptors (Lipinski definition) is 5. The van der Waals surface area contributed by atoms with Gasteiger partial charge in [0.05, 0.1) is 25.3 Å². The molecule has 8 nitrogen and oxygen atoms in total. The summed E-state index contributed by atoms with van der Waals surface area (Å²) in [5.41, 5.74) is 1.72. The first kappa shape index (κ1) is 13.8. The second-order valence-electron chi connectivity index (χ2n) is 4.57. The number of H-pyrrole nitrogens is 1. The average molecular weight is 299 g/mol. The Hall–Kier alpha value is -3.16. The lowest BCUT2D eigenvalue weighted by Gasteiger charge is -2.04. The van der Waals surface area contributed by atoms with Gasteiger partial charge in [-0.15, -0.1) is 0 Å². The summed E-state index contributed by atoms with van der Waals surface area (Å²) in [6.45, 7) is 0.916. The Kier molecular flexibility index (Phi) is 3.82. The Morgan fingerprint density at radius 2 is 2.23 bits per heavy atom. The fourth-order valence-electron chi connectivity index (χ4n) is 1.91. The third kappa shape index (κ3) is 3.11. The predicted molar refractivity (Wildman–Crippen MR) is 77.1 cm³/mol. The Morgan fingerprint density at radius 3 is 2.95 bits per heavy atom. The summed E-state index contributed by atoms with van der Waals surface area (Å²) in [5, 5.41) is 12.8. The zero-order valence-corrected chi connectivity index (χ0v) is 11.5. The topological polar surface area (TPSA) is 106 Å². The molecule has 0 saturated carbocycles. The number of amides is 1. The molecule has 2 N–H and O–H groups in total. The number of aromatic nitrogens is 4. The molecule has 22 heavy (non-hydrogen) atoms. The van der Waals surface area contributed by atoms with Gasteiger partial charge in [-0.05, 0) is 12.1 Å². The van der Waals surface area contributed by atoms with Crippen molar-refractivity contribution in [2.45, 2.75) is 6.54 Å². The standard InChI is InChI=1S/C14H13N5O3/c20-13-2-1-12(17-18-13)14(21)15-4-5-19-8-11(7-16-19)10-3-6-22-9-10/h1-3,6-9H,4-5H2,(H,15,21)(H,18,20). The fraction of sp³-hybridized carbons (Fsp3) is 0.143. The summed E-state index contributed by atoms with van der Waals surface area (Å²) in [5.74, 6) is -0.349. The fourth-order valence-corrected chi connectivity index (χ4v) is 1.91. The average Bonchev–Trinajstić information content (AvgIpc) is 3.19.